The average Bonchev–Trinajstić information content (AvgIpc) is 2.40. The van der Waals surface area contributed by atoms with E-state index in [1.807, 2.05) is 0 Å². The minimum atomic E-state index is 0.412. The van der Waals surface area contributed by atoms with Crippen molar-refractivity contribution in [2.75, 3.05) is 52.5 Å². The minimum absolute atomic E-state index is 0.412. The molecule has 4 nitrogen and oxygen atoms in total. The van der Waals surface area contributed by atoms with E-state index in [9.17, 15) is 0 Å². The zero-order chi connectivity index (χ0) is 12.8. The van der Waals surface area contributed by atoms with Crippen LogP contribution in [0, 0.1) is 0 Å². The number of rotatable bonds is 5. The van der Waals surface area contributed by atoms with Crippen molar-refractivity contribution in [2.24, 2.45) is 0 Å². The number of morpholine rings is 2. The molecule has 0 amide bonds. The van der Waals surface area contributed by atoms with Crippen LogP contribution in [0.15, 0.2) is 0 Å². The molecule has 2 heterocycles. The maximum absolute atomic E-state index is 5.57. The molecule has 2 fully saturated rings. The zero-order valence-corrected chi connectivity index (χ0v) is 11.9. The lowest BCUT2D eigenvalue weighted by molar-refractivity contribution is -0.0199. The van der Waals surface area contributed by atoms with Crippen LogP contribution >= 0.6 is 0 Å². The summed E-state index contributed by atoms with van der Waals surface area (Å²) >= 11 is 0. The Bertz CT molecular complexity index is 232. The summed E-state index contributed by atoms with van der Waals surface area (Å²) in [5.41, 5.74) is 0. The first-order valence-corrected chi connectivity index (χ1v) is 7.41. The number of ether oxygens (including phenoxy) is 2. The normalized spacial score (nSPS) is 29.3. The third-order valence-electron chi connectivity index (χ3n) is 4.09. The molecule has 0 bridgehead atoms. The van der Waals surface area contributed by atoms with Crippen molar-refractivity contribution in [3.05, 3.63) is 0 Å². The van der Waals surface area contributed by atoms with Gasteiger partial charge in [0, 0.05) is 32.2 Å². The minimum Gasteiger partial charge on any atom is -0.379 e. The van der Waals surface area contributed by atoms with Gasteiger partial charge < -0.3 is 9.47 Å². The van der Waals surface area contributed by atoms with Crippen LogP contribution in [-0.4, -0.2) is 74.5 Å². The Hall–Kier alpha value is -0.160. The molecule has 2 saturated heterocycles. The summed E-state index contributed by atoms with van der Waals surface area (Å²) in [6, 6.07) is 0.701. The standard InChI is InChI=1S/C14H28N2O2/c1-13(16-7-9-17-10-8-16)4-3-5-15-6-11-18-14(2)12-15/h13-14H,3-12H2,1-2H3. The van der Waals surface area contributed by atoms with Crippen molar-refractivity contribution < 1.29 is 9.47 Å². The van der Waals surface area contributed by atoms with Crippen LogP contribution in [0.5, 0.6) is 0 Å². The largest absolute Gasteiger partial charge is 0.379 e. The van der Waals surface area contributed by atoms with Gasteiger partial charge in [0.1, 0.15) is 0 Å². The molecule has 2 rings (SSSR count). The van der Waals surface area contributed by atoms with E-state index in [0.29, 0.717) is 12.1 Å². The summed E-state index contributed by atoms with van der Waals surface area (Å²) < 4.78 is 11.0. The summed E-state index contributed by atoms with van der Waals surface area (Å²) in [4.78, 5) is 5.10. The molecule has 4 heteroatoms. The Kier molecular flexibility index (Phi) is 5.89. The van der Waals surface area contributed by atoms with E-state index in [0.717, 1.165) is 46.0 Å². The van der Waals surface area contributed by atoms with Crippen LogP contribution in [0.3, 0.4) is 0 Å². The van der Waals surface area contributed by atoms with Crippen LogP contribution < -0.4 is 0 Å². The SMILES string of the molecule is CC1CN(CCCC(C)N2CCOCC2)CCO1. The van der Waals surface area contributed by atoms with Crippen LogP contribution in [0.4, 0.5) is 0 Å². The summed E-state index contributed by atoms with van der Waals surface area (Å²) in [6.45, 7) is 12.9. The molecule has 0 aromatic carbocycles. The lowest BCUT2D eigenvalue weighted by Gasteiger charge is -2.34. The molecule has 2 unspecified atom stereocenters. The van der Waals surface area contributed by atoms with Gasteiger partial charge in [-0.05, 0) is 33.2 Å². The van der Waals surface area contributed by atoms with Crippen LogP contribution in [-0.2, 0) is 9.47 Å². The lowest BCUT2D eigenvalue weighted by atomic mass is 10.1. The smallest absolute Gasteiger partial charge is 0.0674 e. The van der Waals surface area contributed by atoms with E-state index in [2.05, 4.69) is 23.6 Å². The fraction of sp³-hybridized carbons (Fsp3) is 1.00. The molecule has 0 spiro atoms. The Balaban J connectivity index is 1.59. The zero-order valence-electron chi connectivity index (χ0n) is 11.9. The van der Waals surface area contributed by atoms with Gasteiger partial charge in [0.15, 0.2) is 0 Å². The second-order valence-electron chi connectivity index (χ2n) is 5.62. The highest BCUT2D eigenvalue weighted by molar-refractivity contribution is 4.72. The molecule has 0 aromatic rings. The fourth-order valence-corrected chi connectivity index (χ4v) is 2.90. The van der Waals surface area contributed by atoms with E-state index in [4.69, 9.17) is 9.47 Å². The van der Waals surface area contributed by atoms with Crippen molar-refractivity contribution in [2.45, 2.75) is 38.8 Å². The van der Waals surface area contributed by atoms with Gasteiger partial charge in [-0.2, -0.15) is 0 Å². The molecule has 0 aliphatic carbocycles. The molecule has 18 heavy (non-hydrogen) atoms. The highest BCUT2D eigenvalue weighted by atomic mass is 16.5. The molecule has 2 atom stereocenters. The van der Waals surface area contributed by atoms with Crippen LogP contribution in [0.2, 0.25) is 0 Å². The van der Waals surface area contributed by atoms with Crippen LogP contribution in [0.1, 0.15) is 26.7 Å². The quantitative estimate of drug-likeness (QED) is 0.738. The van der Waals surface area contributed by atoms with Crippen molar-refractivity contribution in [1.82, 2.24) is 9.80 Å². The Morgan fingerprint density at radius 3 is 2.67 bits per heavy atom. The number of nitrogens with zero attached hydrogens (tertiary/aromatic N) is 2. The molecule has 2 aliphatic heterocycles. The Morgan fingerprint density at radius 2 is 1.94 bits per heavy atom. The molecular formula is C14H28N2O2. The Labute approximate surface area is 111 Å². The topological polar surface area (TPSA) is 24.9 Å². The highest BCUT2D eigenvalue weighted by Crippen LogP contribution is 2.11. The second-order valence-corrected chi connectivity index (χ2v) is 5.62. The molecule has 2 aliphatic rings. The maximum atomic E-state index is 5.57. The van der Waals surface area contributed by atoms with Gasteiger partial charge in [-0.25, -0.2) is 0 Å². The third kappa shape index (κ3) is 4.50. The maximum Gasteiger partial charge on any atom is 0.0674 e. The second kappa shape index (κ2) is 7.43. The molecular weight excluding hydrogens is 228 g/mol. The summed E-state index contributed by atoms with van der Waals surface area (Å²) in [5, 5.41) is 0. The van der Waals surface area contributed by atoms with Gasteiger partial charge >= 0.3 is 0 Å². The monoisotopic (exact) mass is 256 g/mol. The van der Waals surface area contributed by atoms with E-state index in [1.54, 1.807) is 0 Å². The van der Waals surface area contributed by atoms with Gasteiger partial charge in [0.05, 0.1) is 25.9 Å². The predicted molar refractivity (Wildman–Crippen MR) is 72.9 cm³/mol. The molecule has 106 valence electrons. The van der Waals surface area contributed by atoms with Crippen LogP contribution in [0.25, 0.3) is 0 Å². The average molecular weight is 256 g/mol. The number of hydrogen-bond acceptors (Lipinski definition) is 4. The Morgan fingerprint density at radius 1 is 1.17 bits per heavy atom. The first-order valence-electron chi connectivity index (χ1n) is 7.41. The number of hydrogen-bond donors (Lipinski definition) is 0. The predicted octanol–water partition coefficient (Wildman–Crippen LogP) is 1.21. The van der Waals surface area contributed by atoms with Gasteiger partial charge in [-0.15, -0.1) is 0 Å². The molecule has 0 aromatic heterocycles. The summed E-state index contributed by atoms with van der Waals surface area (Å²) in [6.07, 6.45) is 3.01. The first kappa shape index (κ1) is 14.3. The fourth-order valence-electron chi connectivity index (χ4n) is 2.90. The van der Waals surface area contributed by atoms with Crippen molar-refractivity contribution in [1.29, 1.82) is 0 Å². The van der Waals surface area contributed by atoms with Gasteiger partial charge in [-0.1, -0.05) is 0 Å². The summed E-state index contributed by atoms with van der Waals surface area (Å²) in [5.74, 6) is 0. The molecule has 0 saturated carbocycles. The van der Waals surface area contributed by atoms with Gasteiger partial charge in [0.25, 0.3) is 0 Å². The van der Waals surface area contributed by atoms with Crippen molar-refractivity contribution in [3.63, 3.8) is 0 Å². The van der Waals surface area contributed by atoms with Gasteiger partial charge in [-0.3, -0.25) is 9.80 Å². The van der Waals surface area contributed by atoms with Crippen molar-refractivity contribution in [3.8, 4) is 0 Å². The van der Waals surface area contributed by atoms with E-state index >= 15 is 0 Å². The third-order valence-corrected chi connectivity index (χ3v) is 4.09. The summed E-state index contributed by atoms with van der Waals surface area (Å²) in [7, 11) is 0. The molecule has 0 radical (unpaired) electrons. The molecule has 0 N–H and O–H groups in total. The lowest BCUT2D eigenvalue weighted by Crippen LogP contribution is -2.43. The van der Waals surface area contributed by atoms with Gasteiger partial charge in [0.2, 0.25) is 0 Å². The highest BCUT2D eigenvalue weighted by Gasteiger charge is 2.19. The van der Waals surface area contributed by atoms with E-state index in [-0.39, 0.29) is 0 Å². The first-order chi connectivity index (χ1) is 8.75. The van der Waals surface area contributed by atoms with E-state index < -0.39 is 0 Å². The van der Waals surface area contributed by atoms with E-state index in [1.165, 1.54) is 19.4 Å². The van der Waals surface area contributed by atoms with Crippen molar-refractivity contribution >= 4 is 0 Å².